The van der Waals surface area contributed by atoms with Crippen LogP contribution in [0.2, 0.25) is 0 Å². The zero-order valence-corrected chi connectivity index (χ0v) is 12.6. The van der Waals surface area contributed by atoms with Crippen molar-refractivity contribution in [1.82, 2.24) is 10.2 Å². The number of nitrogens with zero attached hydrogens (tertiary/aromatic N) is 1. The lowest BCUT2D eigenvalue weighted by Crippen LogP contribution is -2.54. The van der Waals surface area contributed by atoms with E-state index in [2.05, 4.69) is 61.3 Å². The fourth-order valence-corrected chi connectivity index (χ4v) is 3.12. The van der Waals surface area contributed by atoms with Gasteiger partial charge in [-0.05, 0) is 31.2 Å². The van der Waals surface area contributed by atoms with E-state index in [1.165, 1.54) is 25.1 Å². The van der Waals surface area contributed by atoms with E-state index >= 15 is 0 Å². The Morgan fingerprint density at radius 2 is 1.95 bits per heavy atom. The van der Waals surface area contributed by atoms with E-state index in [1.807, 2.05) is 0 Å². The number of piperazine rings is 1. The quantitative estimate of drug-likeness (QED) is 0.875. The molecule has 0 bridgehead atoms. The highest BCUT2D eigenvalue weighted by atomic mass is 15.2. The molecule has 1 fully saturated rings. The SMILES string of the molecule is CC(C)CC(C)N1CCNC(Cc2ccccc2)C1. The van der Waals surface area contributed by atoms with Gasteiger partial charge in [-0.1, -0.05) is 44.2 Å². The molecule has 0 amide bonds. The van der Waals surface area contributed by atoms with Crippen LogP contribution in [0, 0.1) is 5.92 Å². The van der Waals surface area contributed by atoms with Crippen LogP contribution in [0.15, 0.2) is 30.3 Å². The molecule has 0 aliphatic carbocycles. The number of benzene rings is 1. The average molecular weight is 260 g/mol. The molecule has 1 heterocycles. The topological polar surface area (TPSA) is 15.3 Å². The normalized spacial score (nSPS) is 22.6. The lowest BCUT2D eigenvalue weighted by atomic mass is 10.00. The summed E-state index contributed by atoms with van der Waals surface area (Å²) in [5.41, 5.74) is 1.44. The zero-order chi connectivity index (χ0) is 13.7. The molecular weight excluding hydrogens is 232 g/mol. The Balaban J connectivity index is 1.86. The molecule has 0 saturated carbocycles. The van der Waals surface area contributed by atoms with Crippen molar-refractivity contribution in [3.63, 3.8) is 0 Å². The van der Waals surface area contributed by atoms with Gasteiger partial charge in [0.1, 0.15) is 0 Å². The first-order valence-electron chi connectivity index (χ1n) is 7.66. The molecule has 1 N–H and O–H groups in total. The summed E-state index contributed by atoms with van der Waals surface area (Å²) in [6, 6.07) is 12.1. The van der Waals surface area contributed by atoms with E-state index in [-0.39, 0.29) is 0 Å². The van der Waals surface area contributed by atoms with E-state index in [9.17, 15) is 0 Å². The lowest BCUT2D eigenvalue weighted by molar-refractivity contribution is 0.137. The minimum absolute atomic E-state index is 0.603. The molecule has 0 spiro atoms. The molecule has 106 valence electrons. The minimum atomic E-state index is 0.603. The van der Waals surface area contributed by atoms with Gasteiger partial charge in [0.05, 0.1) is 0 Å². The van der Waals surface area contributed by atoms with Crippen LogP contribution in [0.5, 0.6) is 0 Å². The van der Waals surface area contributed by atoms with Gasteiger partial charge in [0.2, 0.25) is 0 Å². The van der Waals surface area contributed by atoms with Gasteiger partial charge in [-0.3, -0.25) is 4.90 Å². The summed E-state index contributed by atoms with van der Waals surface area (Å²) in [6.07, 6.45) is 2.45. The molecule has 2 atom stereocenters. The molecule has 2 rings (SSSR count). The number of nitrogens with one attached hydrogen (secondary N) is 1. The van der Waals surface area contributed by atoms with E-state index in [1.54, 1.807) is 0 Å². The van der Waals surface area contributed by atoms with Crippen LogP contribution in [0.1, 0.15) is 32.8 Å². The molecule has 0 radical (unpaired) electrons. The third-order valence-corrected chi connectivity index (χ3v) is 4.05. The Morgan fingerprint density at radius 3 is 2.63 bits per heavy atom. The first kappa shape index (κ1) is 14.5. The first-order valence-corrected chi connectivity index (χ1v) is 7.66. The summed E-state index contributed by atoms with van der Waals surface area (Å²) in [6.45, 7) is 10.5. The van der Waals surface area contributed by atoms with Crippen molar-refractivity contribution < 1.29 is 0 Å². The van der Waals surface area contributed by atoms with Gasteiger partial charge in [0, 0.05) is 31.7 Å². The van der Waals surface area contributed by atoms with Crippen molar-refractivity contribution in [2.24, 2.45) is 5.92 Å². The number of hydrogen-bond acceptors (Lipinski definition) is 2. The van der Waals surface area contributed by atoms with Crippen molar-refractivity contribution in [1.29, 1.82) is 0 Å². The molecule has 1 saturated heterocycles. The van der Waals surface area contributed by atoms with Gasteiger partial charge in [-0.25, -0.2) is 0 Å². The van der Waals surface area contributed by atoms with Gasteiger partial charge in [-0.15, -0.1) is 0 Å². The van der Waals surface area contributed by atoms with Crippen LogP contribution in [-0.4, -0.2) is 36.6 Å². The summed E-state index contributed by atoms with van der Waals surface area (Å²) < 4.78 is 0. The third-order valence-electron chi connectivity index (χ3n) is 4.05. The molecule has 1 aliphatic heterocycles. The Hall–Kier alpha value is -0.860. The summed E-state index contributed by atoms with van der Waals surface area (Å²) in [7, 11) is 0. The molecule has 2 unspecified atom stereocenters. The van der Waals surface area contributed by atoms with Gasteiger partial charge in [0.15, 0.2) is 0 Å². The Labute approximate surface area is 118 Å². The van der Waals surface area contributed by atoms with Gasteiger partial charge >= 0.3 is 0 Å². The zero-order valence-electron chi connectivity index (χ0n) is 12.6. The minimum Gasteiger partial charge on any atom is -0.311 e. The van der Waals surface area contributed by atoms with E-state index in [4.69, 9.17) is 0 Å². The molecule has 1 aliphatic rings. The molecule has 2 heteroatoms. The molecule has 19 heavy (non-hydrogen) atoms. The molecule has 2 nitrogen and oxygen atoms in total. The van der Waals surface area contributed by atoms with Crippen molar-refractivity contribution >= 4 is 0 Å². The predicted molar refractivity (Wildman–Crippen MR) is 82.4 cm³/mol. The molecule has 1 aromatic rings. The second-order valence-corrected chi connectivity index (χ2v) is 6.31. The fraction of sp³-hybridized carbons (Fsp3) is 0.647. The van der Waals surface area contributed by atoms with E-state index in [0.29, 0.717) is 12.1 Å². The highest BCUT2D eigenvalue weighted by Gasteiger charge is 2.23. The Morgan fingerprint density at radius 1 is 1.21 bits per heavy atom. The second-order valence-electron chi connectivity index (χ2n) is 6.31. The molecule has 0 aromatic heterocycles. The number of rotatable bonds is 5. The molecular formula is C17H28N2. The Bertz CT molecular complexity index is 361. The highest BCUT2D eigenvalue weighted by Crippen LogP contribution is 2.15. The summed E-state index contributed by atoms with van der Waals surface area (Å²) in [4.78, 5) is 2.66. The van der Waals surface area contributed by atoms with Crippen molar-refractivity contribution in [2.45, 2.75) is 45.7 Å². The maximum absolute atomic E-state index is 3.66. The standard InChI is InChI=1S/C17H28N2/c1-14(2)11-15(3)19-10-9-18-17(13-19)12-16-7-5-4-6-8-16/h4-8,14-15,17-18H,9-13H2,1-3H3. The van der Waals surface area contributed by atoms with Gasteiger partial charge in [-0.2, -0.15) is 0 Å². The van der Waals surface area contributed by atoms with Crippen LogP contribution in [0.25, 0.3) is 0 Å². The predicted octanol–water partition coefficient (Wildman–Crippen LogP) is 2.94. The monoisotopic (exact) mass is 260 g/mol. The van der Waals surface area contributed by atoms with Gasteiger partial charge in [0.25, 0.3) is 0 Å². The van der Waals surface area contributed by atoms with Crippen molar-refractivity contribution in [3.05, 3.63) is 35.9 Å². The average Bonchev–Trinajstić information content (AvgIpc) is 2.39. The van der Waals surface area contributed by atoms with Gasteiger partial charge < -0.3 is 5.32 Å². The fourth-order valence-electron chi connectivity index (χ4n) is 3.12. The van der Waals surface area contributed by atoms with Crippen LogP contribution < -0.4 is 5.32 Å². The smallest absolute Gasteiger partial charge is 0.0236 e. The summed E-state index contributed by atoms with van der Waals surface area (Å²) in [5.74, 6) is 0.789. The maximum atomic E-state index is 3.66. The van der Waals surface area contributed by atoms with E-state index in [0.717, 1.165) is 18.9 Å². The number of hydrogen-bond donors (Lipinski definition) is 1. The lowest BCUT2D eigenvalue weighted by Gasteiger charge is -2.38. The van der Waals surface area contributed by atoms with Crippen molar-refractivity contribution in [3.8, 4) is 0 Å². The molecule has 1 aromatic carbocycles. The van der Waals surface area contributed by atoms with E-state index < -0.39 is 0 Å². The van der Waals surface area contributed by atoms with Crippen LogP contribution in [-0.2, 0) is 6.42 Å². The third kappa shape index (κ3) is 4.63. The summed E-state index contributed by atoms with van der Waals surface area (Å²) in [5, 5.41) is 3.66. The summed E-state index contributed by atoms with van der Waals surface area (Å²) >= 11 is 0. The van der Waals surface area contributed by atoms with Crippen LogP contribution >= 0.6 is 0 Å². The first-order chi connectivity index (χ1) is 9.15. The van der Waals surface area contributed by atoms with Crippen LogP contribution in [0.4, 0.5) is 0 Å². The van der Waals surface area contributed by atoms with Crippen LogP contribution in [0.3, 0.4) is 0 Å². The van der Waals surface area contributed by atoms with Crippen molar-refractivity contribution in [2.75, 3.05) is 19.6 Å². The largest absolute Gasteiger partial charge is 0.311 e. The second kappa shape index (κ2) is 7.06. The highest BCUT2D eigenvalue weighted by molar-refractivity contribution is 5.16. The maximum Gasteiger partial charge on any atom is 0.0236 e. The Kier molecular flexibility index (Phi) is 5.41.